The van der Waals surface area contributed by atoms with Crippen LogP contribution in [0.25, 0.3) is 0 Å². The van der Waals surface area contributed by atoms with E-state index in [2.05, 4.69) is 9.88 Å². The fraction of sp³-hybridized carbons (Fsp3) is 0.524. The van der Waals surface area contributed by atoms with Crippen LogP contribution in [0.5, 0.6) is 0 Å². The lowest BCUT2D eigenvalue weighted by Gasteiger charge is -2.40. The molecule has 0 radical (unpaired) electrons. The number of rotatable bonds is 5. The summed E-state index contributed by atoms with van der Waals surface area (Å²) in [6, 6.07) is 5.82. The third kappa shape index (κ3) is 3.71. The number of ether oxygens (including phenoxy) is 1. The SMILES string of the molecule is CCOC(=O)[C@H]1CCCN(c2c(N3CCN(c4ccccn4)CC3)c(=O)c2=O)C1. The van der Waals surface area contributed by atoms with Gasteiger partial charge in [-0.3, -0.25) is 14.4 Å². The second-order valence-electron chi connectivity index (χ2n) is 7.55. The van der Waals surface area contributed by atoms with Crippen molar-refractivity contribution in [2.45, 2.75) is 19.8 Å². The number of carbonyl (C=O) groups is 1. The van der Waals surface area contributed by atoms with Gasteiger partial charge in [-0.1, -0.05) is 6.07 Å². The van der Waals surface area contributed by atoms with Crippen molar-refractivity contribution < 1.29 is 9.53 Å². The van der Waals surface area contributed by atoms with Gasteiger partial charge in [0.15, 0.2) is 0 Å². The largest absolute Gasteiger partial charge is 0.466 e. The highest BCUT2D eigenvalue weighted by Crippen LogP contribution is 2.30. The maximum atomic E-state index is 12.4. The first-order valence-corrected chi connectivity index (χ1v) is 10.3. The molecule has 3 heterocycles. The summed E-state index contributed by atoms with van der Waals surface area (Å²) < 4.78 is 5.15. The summed E-state index contributed by atoms with van der Waals surface area (Å²) in [4.78, 5) is 47.4. The zero-order chi connectivity index (χ0) is 20.4. The van der Waals surface area contributed by atoms with E-state index < -0.39 is 10.9 Å². The molecule has 0 bridgehead atoms. The van der Waals surface area contributed by atoms with Crippen LogP contribution >= 0.6 is 0 Å². The van der Waals surface area contributed by atoms with Crippen LogP contribution in [-0.2, 0) is 9.53 Å². The Bertz CT molecular complexity index is 930. The van der Waals surface area contributed by atoms with Crippen molar-refractivity contribution >= 4 is 23.2 Å². The number of hydrogen-bond acceptors (Lipinski definition) is 8. The van der Waals surface area contributed by atoms with Gasteiger partial charge in [0, 0.05) is 45.5 Å². The third-order valence-corrected chi connectivity index (χ3v) is 5.79. The number of aromatic nitrogens is 1. The predicted molar refractivity (Wildman–Crippen MR) is 112 cm³/mol. The average molecular weight is 398 g/mol. The van der Waals surface area contributed by atoms with Crippen LogP contribution in [0.15, 0.2) is 34.0 Å². The van der Waals surface area contributed by atoms with Crippen LogP contribution < -0.4 is 25.6 Å². The van der Waals surface area contributed by atoms with E-state index in [9.17, 15) is 14.4 Å². The molecule has 0 spiro atoms. The highest BCUT2D eigenvalue weighted by atomic mass is 16.5. The van der Waals surface area contributed by atoms with Gasteiger partial charge in [0.1, 0.15) is 17.2 Å². The lowest BCUT2D eigenvalue weighted by molar-refractivity contribution is -0.148. The summed E-state index contributed by atoms with van der Waals surface area (Å²) in [5.41, 5.74) is 0.150. The molecule has 0 saturated carbocycles. The Morgan fingerprint density at radius 3 is 2.38 bits per heavy atom. The second kappa shape index (κ2) is 8.23. The molecular formula is C21H26N4O4. The summed E-state index contributed by atoms with van der Waals surface area (Å²) in [6.07, 6.45) is 3.32. The predicted octanol–water partition coefficient (Wildman–Crippen LogP) is 0.784. The summed E-state index contributed by atoms with van der Waals surface area (Å²) in [6.45, 7) is 6.04. The van der Waals surface area contributed by atoms with Crippen LogP contribution in [0.2, 0.25) is 0 Å². The number of hydrogen-bond donors (Lipinski definition) is 0. The number of anilines is 3. The molecule has 4 rings (SSSR count). The van der Waals surface area contributed by atoms with Crippen LogP contribution in [0, 0.1) is 5.92 Å². The van der Waals surface area contributed by atoms with Crippen molar-refractivity contribution in [2.24, 2.45) is 5.92 Å². The molecule has 2 aliphatic rings. The minimum atomic E-state index is -0.434. The van der Waals surface area contributed by atoms with E-state index in [4.69, 9.17) is 4.74 Å². The van der Waals surface area contributed by atoms with E-state index in [1.54, 1.807) is 13.1 Å². The standard InChI is InChI=1S/C21H26N4O4/c1-2-29-21(28)15-6-5-9-25(14-15)18-17(19(26)20(18)27)24-12-10-23(11-13-24)16-7-3-4-8-22-16/h3-4,7-8,15H,2,5-6,9-14H2,1H3/t15-/m0/s1. The summed E-state index contributed by atoms with van der Waals surface area (Å²) in [7, 11) is 0. The van der Waals surface area contributed by atoms with Crippen LogP contribution in [0.4, 0.5) is 17.2 Å². The molecule has 2 aromatic rings. The number of piperazine rings is 1. The summed E-state index contributed by atoms with van der Waals surface area (Å²) >= 11 is 0. The van der Waals surface area contributed by atoms with E-state index in [1.807, 2.05) is 28.0 Å². The van der Waals surface area contributed by atoms with Gasteiger partial charge in [-0.15, -0.1) is 0 Å². The highest BCUT2D eigenvalue weighted by molar-refractivity contribution is 5.79. The van der Waals surface area contributed by atoms with Crippen molar-refractivity contribution in [1.29, 1.82) is 0 Å². The smallest absolute Gasteiger partial charge is 0.310 e. The van der Waals surface area contributed by atoms with Crippen molar-refractivity contribution in [3.63, 3.8) is 0 Å². The van der Waals surface area contributed by atoms with Gasteiger partial charge in [-0.2, -0.15) is 0 Å². The van der Waals surface area contributed by atoms with E-state index in [0.717, 1.165) is 31.7 Å². The second-order valence-corrected chi connectivity index (χ2v) is 7.55. The van der Waals surface area contributed by atoms with Gasteiger partial charge < -0.3 is 19.4 Å². The molecule has 0 aliphatic carbocycles. The van der Waals surface area contributed by atoms with E-state index >= 15 is 0 Å². The van der Waals surface area contributed by atoms with Gasteiger partial charge in [0.05, 0.1) is 12.5 Å². The average Bonchev–Trinajstić information content (AvgIpc) is 2.77. The van der Waals surface area contributed by atoms with Gasteiger partial charge in [-0.25, -0.2) is 4.98 Å². The molecule has 154 valence electrons. The first-order valence-electron chi connectivity index (χ1n) is 10.3. The van der Waals surface area contributed by atoms with Crippen molar-refractivity contribution in [3.05, 3.63) is 44.8 Å². The van der Waals surface area contributed by atoms with Crippen molar-refractivity contribution in [1.82, 2.24) is 4.98 Å². The van der Waals surface area contributed by atoms with E-state index in [0.29, 0.717) is 44.2 Å². The summed E-state index contributed by atoms with van der Waals surface area (Å²) in [5, 5.41) is 0. The molecule has 1 aromatic heterocycles. The fourth-order valence-corrected chi connectivity index (χ4v) is 4.29. The van der Waals surface area contributed by atoms with Gasteiger partial charge in [-0.05, 0) is 31.9 Å². The molecule has 0 N–H and O–H groups in total. The number of carbonyl (C=O) groups excluding carboxylic acids is 1. The number of esters is 1. The van der Waals surface area contributed by atoms with Crippen LogP contribution in [0.1, 0.15) is 19.8 Å². The van der Waals surface area contributed by atoms with Gasteiger partial charge >= 0.3 is 5.97 Å². The topological polar surface area (TPSA) is 83.1 Å². The molecule has 1 atom stereocenters. The number of pyridine rings is 1. The Kier molecular flexibility index (Phi) is 5.51. The molecular weight excluding hydrogens is 372 g/mol. The Hall–Kier alpha value is -2.90. The molecule has 0 amide bonds. The van der Waals surface area contributed by atoms with Crippen molar-refractivity contribution in [2.75, 3.05) is 60.6 Å². The van der Waals surface area contributed by atoms with Crippen LogP contribution in [-0.4, -0.2) is 56.8 Å². The molecule has 2 aliphatic heterocycles. The minimum Gasteiger partial charge on any atom is -0.466 e. The fourth-order valence-electron chi connectivity index (χ4n) is 4.29. The molecule has 8 nitrogen and oxygen atoms in total. The molecule has 8 heteroatoms. The maximum Gasteiger partial charge on any atom is 0.310 e. The van der Waals surface area contributed by atoms with Crippen molar-refractivity contribution in [3.8, 4) is 0 Å². The highest BCUT2D eigenvalue weighted by Gasteiger charge is 2.35. The summed E-state index contributed by atoms with van der Waals surface area (Å²) in [5.74, 6) is 0.453. The molecule has 2 fully saturated rings. The Morgan fingerprint density at radius 2 is 1.72 bits per heavy atom. The first kappa shape index (κ1) is 19.4. The van der Waals surface area contributed by atoms with Gasteiger partial charge in [0.2, 0.25) is 0 Å². The van der Waals surface area contributed by atoms with E-state index in [1.165, 1.54) is 0 Å². The lowest BCUT2D eigenvalue weighted by atomic mass is 9.96. The normalized spacial score (nSPS) is 20.2. The monoisotopic (exact) mass is 398 g/mol. The zero-order valence-electron chi connectivity index (χ0n) is 16.7. The minimum absolute atomic E-state index is 0.221. The molecule has 29 heavy (non-hydrogen) atoms. The Labute approximate surface area is 169 Å². The number of nitrogens with zero attached hydrogens (tertiary/aromatic N) is 4. The Morgan fingerprint density at radius 1 is 1.03 bits per heavy atom. The van der Waals surface area contributed by atoms with Gasteiger partial charge in [0.25, 0.3) is 10.9 Å². The quantitative estimate of drug-likeness (QED) is 0.540. The Balaban J connectivity index is 1.47. The van der Waals surface area contributed by atoms with Crippen LogP contribution in [0.3, 0.4) is 0 Å². The molecule has 2 saturated heterocycles. The zero-order valence-corrected chi connectivity index (χ0v) is 16.7. The van der Waals surface area contributed by atoms with E-state index in [-0.39, 0.29) is 11.9 Å². The molecule has 0 unspecified atom stereocenters. The third-order valence-electron chi connectivity index (χ3n) is 5.79. The molecule has 1 aromatic carbocycles. The first-order chi connectivity index (χ1) is 14.1. The number of piperidine rings is 1. The maximum absolute atomic E-state index is 12.4. The lowest BCUT2D eigenvalue weighted by Crippen LogP contribution is -2.54.